The highest BCUT2D eigenvalue weighted by atomic mass is 35.5. The van der Waals surface area contributed by atoms with Gasteiger partial charge in [0.1, 0.15) is 9.75 Å². The molecule has 0 heterocycles. The van der Waals surface area contributed by atoms with Crippen LogP contribution < -0.4 is 0 Å². The summed E-state index contributed by atoms with van der Waals surface area (Å²) in [7, 11) is 0. The second-order valence-electron chi connectivity index (χ2n) is 7.48. The maximum Gasteiger partial charge on any atom is 0.188 e. The first-order chi connectivity index (χ1) is 13.5. The van der Waals surface area contributed by atoms with Crippen molar-refractivity contribution in [1.29, 1.82) is 0 Å². The topological polar surface area (TPSA) is 34.1 Å². The zero-order valence-corrected chi connectivity index (χ0v) is 16.4. The van der Waals surface area contributed by atoms with Crippen molar-refractivity contribution >= 4 is 34.8 Å². The van der Waals surface area contributed by atoms with E-state index in [0.29, 0.717) is 11.1 Å². The van der Waals surface area contributed by atoms with Gasteiger partial charge in [0.05, 0.1) is 5.41 Å². The zero-order valence-electron chi connectivity index (χ0n) is 14.9. The van der Waals surface area contributed by atoms with Crippen LogP contribution in [0.5, 0.6) is 0 Å². The van der Waals surface area contributed by atoms with Crippen molar-refractivity contribution in [2.75, 3.05) is 0 Å². The largest absolute Gasteiger partial charge is 0.292 e. The minimum Gasteiger partial charge on any atom is -0.292 e. The third kappa shape index (κ3) is 1.85. The average Bonchev–Trinajstić information content (AvgIpc) is 2.76. The number of halogens is 2. The molecule has 2 aliphatic carbocycles. The molecular formula is C24H16Cl2O2. The Morgan fingerprint density at radius 2 is 1.04 bits per heavy atom. The van der Waals surface area contributed by atoms with E-state index in [9.17, 15) is 9.59 Å². The van der Waals surface area contributed by atoms with Crippen molar-refractivity contribution in [3.05, 3.63) is 107 Å². The predicted octanol–water partition coefficient (Wildman–Crippen LogP) is 5.41. The summed E-state index contributed by atoms with van der Waals surface area (Å²) in [6, 6.07) is 26.1. The quantitative estimate of drug-likeness (QED) is 0.533. The van der Waals surface area contributed by atoms with Crippen LogP contribution in [-0.4, -0.2) is 21.3 Å². The molecule has 0 radical (unpaired) electrons. The van der Waals surface area contributed by atoms with Gasteiger partial charge in [-0.15, -0.1) is 23.2 Å². The molecule has 1 saturated carbocycles. The Bertz CT molecular complexity index is 1070. The molecule has 0 amide bonds. The van der Waals surface area contributed by atoms with Crippen LogP contribution in [0.25, 0.3) is 0 Å². The number of ketones is 2. The fourth-order valence-corrected chi connectivity index (χ4v) is 6.03. The molecule has 2 aliphatic rings. The predicted molar refractivity (Wildman–Crippen MR) is 111 cm³/mol. The van der Waals surface area contributed by atoms with Gasteiger partial charge in [0.15, 0.2) is 11.6 Å². The lowest BCUT2D eigenvalue weighted by atomic mass is 9.43. The van der Waals surface area contributed by atoms with Gasteiger partial charge < -0.3 is 0 Å². The average molecular weight is 407 g/mol. The first-order valence-corrected chi connectivity index (χ1v) is 9.90. The Labute approximate surface area is 173 Å². The van der Waals surface area contributed by atoms with Crippen molar-refractivity contribution in [2.24, 2.45) is 0 Å². The number of hydrogen-bond donors (Lipinski definition) is 0. The molecule has 0 N–H and O–H groups in total. The van der Waals surface area contributed by atoms with Gasteiger partial charge >= 0.3 is 0 Å². The summed E-state index contributed by atoms with van der Waals surface area (Å²) in [5, 5.41) is 0. The lowest BCUT2D eigenvalue weighted by Crippen LogP contribution is -2.80. The van der Waals surface area contributed by atoms with Gasteiger partial charge in [0.25, 0.3) is 0 Å². The van der Waals surface area contributed by atoms with E-state index in [1.54, 1.807) is 24.3 Å². The lowest BCUT2D eigenvalue weighted by molar-refractivity contribution is 0.0510. The highest BCUT2D eigenvalue weighted by molar-refractivity contribution is 6.57. The van der Waals surface area contributed by atoms with Crippen LogP contribution in [-0.2, 0) is 5.41 Å². The Hall–Kier alpha value is -2.42. The van der Waals surface area contributed by atoms with E-state index in [1.165, 1.54) is 0 Å². The number of alkyl halides is 2. The second-order valence-corrected chi connectivity index (χ2v) is 8.69. The van der Waals surface area contributed by atoms with Crippen LogP contribution in [0.4, 0.5) is 0 Å². The fourth-order valence-electron chi connectivity index (χ4n) is 4.94. The molecule has 2 unspecified atom stereocenters. The molecule has 0 aliphatic heterocycles. The first-order valence-electron chi connectivity index (χ1n) is 9.14. The number of rotatable bonds is 2. The van der Waals surface area contributed by atoms with Gasteiger partial charge in [-0.3, -0.25) is 9.59 Å². The Morgan fingerprint density at radius 3 is 1.54 bits per heavy atom. The third-order valence-corrected chi connectivity index (χ3v) is 7.77. The molecule has 0 bridgehead atoms. The van der Waals surface area contributed by atoms with Crippen LogP contribution in [0.2, 0.25) is 0 Å². The summed E-state index contributed by atoms with van der Waals surface area (Å²) in [5.74, 6) is -0.569. The summed E-state index contributed by atoms with van der Waals surface area (Å²) in [4.78, 5) is 24.0. The van der Waals surface area contributed by atoms with Crippen LogP contribution in [0.15, 0.2) is 84.9 Å². The van der Waals surface area contributed by atoms with E-state index in [1.807, 2.05) is 60.7 Å². The standard InChI is InChI=1S/C24H16Cl2O2/c25-23-15-22(16-9-3-1-4-10-16,17-11-5-2-6-12-17)24(23,26)21(28)19-14-8-7-13-18(19)20(23)27/h1-14H,15H2. The third-order valence-electron chi connectivity index (χ3n) is 6.27. The van der Waals surface area contributed by atoms with Crippen molar-refractivity contribution in [3.8, 4) is 0 Å². The summed E-state index contributed by atoms with van der Waals surface area (Å²) in [6.07, 6.45) is 0.262. The molecule has 0 spiro atoms. The van der Waals surface area contributed by atoms with Gasteiger partial charge in [-0.05, 0) is 17.5 Å². The van der Waals surface area contributed by atoms with Crippen LogP contribution in [0.1, 0.15) is 38.3 Å². The normalized spacial score (nSPS) is 27.5. The monoisotopic (exact) mass is 406 g/mol. The van der Waals surface area contributed by atoms with Crippen molar-refractivity contribution in [3.63, 3.8) is 0 Å². The molecule has 3 aromatic rings. The molecule has 0 aromatic heterocycles. The lowest BCUT2D eigenvalue weighted by Gasteiger charge is -2.65. The molecule has 3 aromatic carbocycles. The van der Waals surface area contributed by atoms with Crippen LogP contribution in [0, 0.1) is 0 Å². The van der Waals surface area contributed by atoms with Crippen molar-refractivity contribution in [1.82, 2.24) is 0 Å². The van der Waals surface area contributed by atoms with Crippen LogP contribution >= 0.6 is 23.2 Å². The number of hydrogen-bond acceptors (Lipinski definition) is 2. The smallest absolute Gasteiger partial charge is 0.188 e. The molecule has 0 saturated heterocycles. The van der Waals surface area contributed by atoms with E-state index in [-0.39, 0.29) is 18.0 Å². The summed E-state index contributed by atoms with van der Waals surface area (Å²) in [5.41, 5.74) is 1.57. The van der Waals surface area contributed by atoms with E-state index >= 15 is 0 Å². The Balaban J connectivity index is 1.84. The Kier molecular flexibility index (Phi) is 3.65. The first kappa shape index (κ1) is 17.7. The fraction of sp³-hybridized carbons (Fsp3) is 0.167. The second kappa shape index (κ2) is 5.79. The molecule has 2 atom stereocenters. The number of carbonyl (C=O) groups excluding carboxylic acids is 2. The maximum atomic E-state index is 13.7. The molecule has 1 fully saturated rings. The molecule has 2 nitrogen and oxygen atoms in total. The number of carbonyl (C=O) groups is 2. The molecule has 5 rings (SSSR count). The number of benzene rings is 3. The molecule has 4 heteroatoms. The summed E-state index contributed by atoms with van der Waals surface area (Å²) >= 11 is 14.1. The highest BCUT2D eigenvalue weighted by Gasteiger charge is 2.81. The molecule has 138 valence electrons. The van der Waals surface area contributed by atoms with E-state index in [2.05, 4.69) is 0 Å². The number of fused-ring (bicyclic) bond motifs is 2. The van der Waals surface area contributed by atoms with Gasteiger partial charge in [0, 0.05) is 11.1 Å². The van der Waals surface area contributed by atoms with E-state index in [0.717, 1.165) is 11.1 Å². The van der Waals surface area contributed by atoms with Crippen molar-refractivity contribution < 1.29 is 9.59 Å². The van der Waals surface area contributed by atoms with Crippen LogP contribution in [0.3, 0.4) is 0 Å². The van der Waals surface area contributed by atoms with Gasteiger partial charge in [0.2, 0.25) is 0 Å². The summed E-state index contributed by atoms with van der Waals surface area (Å²) < 4.78 is 0. The highest BCUT2D eigenvalue weighted by Crippen LogP contribution is 2.70. The SMILES string of the molecule is O=C1c2ccccc2C(=O)C2(Cl)C1(Cl)CC2(c1ccccc1)c1ccccc1. The van der Waals surface area contributed by atoms with E-state index in [4.69, 9.17) is 23.2 Å². The van der Waals surface area contributed by atoms with E-state index < -0.39 is 15.2 Å². The molecular weight excluding hydrogens is 391 g/mol. The van der Waals surface area contributed by atoms with Gasteiger partial charge in [-0.1, -0.05) is 84.9 Å². The maximum absolute atomic E-state index is 13.7. The van der Waals surface area contributed by atoms with Gasteiger partial charge in [-0.25, -0.2) is 0 Å². The Morgan fingerprint density at radius 1 is 0.607 bits per heavy atom. The minimum atomic E-state index is -1.60. The minimum absolute atomic E-state index is 0.262. The summed E-state index contributed by atoms with van der Waals surface area (Å²) in [6.45, 7) is 0. The zero-order chi connectivity index (χ0) is 19.6. The number of Topliss-reactive ketones (excluding diaryl/α,β-unsaturated/α-hetero) is 2. The van der Waals surface area contributed by atoms with Crippen molar-refractivity contribution in [2.45, 2.75) is 21.6 Å². The molecule has 28 heavy (non-hydrogen) atoms. The van der Waals surface area contributed by atoms with Gasteiger partial charge in [-0.2, -0.15) is 0 Å².